The van der Waals surface area contributed by atoms with Gasteiger partial charge in [0, 0.05) is 6.42 Å². The minimum absolute atomic E-state index is 0.112. The molecule has 0 rings (SSSR count). The molecule has 0 aromatic heterocycles. The summed E-state index contributed by atoms with van der Waals surface area (Å²) in [6.07, 6.45) is 1.50. The molecule has 0 aliphatic heterocycles. The van der Waals surface area contributed by atoms with Crippen LogP contribution in [0.2, 0.25) is 0 Å². The number of rotatable bonds is 3. The topological polar surface area (TPSA) is 17.1 Å². The van der Waals surface area contributed by atoms with Crippen molar-refractivity contribution in [2.75, 3.05) is 0 Å². The highest BCUT2D eigenvalue weighted by atomic mass is 32.1. The van der Waals surface area contributed by atoms with E-state index >= 15 is 0 Å². The molecule has 0 saturated carbocycles. The zero-order valence-electron chi connectivity index (χ0n) is 5.31. The van der Waals surface area contributed by atoms with Gasteiger partial charge in [0.15, 0.2) is 0 Å². The molecule has 47 valence electrons. The lowest BCUT2D eigenvalue weighted by atomic mass is 10.1. The SMILES string of the molecule is CC(C)CCC(=O)[S]. The van der Waals surface area contributed by atoms with Crippen molar-refractivity contribution < 1.29 is 4.79 Å². The molecular weight excluding hydrogens is 120 g/mol. The normalized spacial score (nSPS) is 9.88. The Bertz CT molecular complexity index is 78.6. The minimum Gasteiger partial charge on any atom is -0.282 e. The average Bonchev–Trinajstić information content (AvgIpc) is 1.61. The molecular formula is C6H11OS. The number of hydrogen-bond acceptors (Lipinski definition) is 1. The monoisotopic (exact) mass is 131 g/mol. The van der Waals surface area contributed by atoms with Crippen molar-refractivity contribution >= 4 is 17.7 Å². The molecule has 1 radical (unpaired) electrons. The van der Waals surface area contributed by atoms with Gasteiger partial charge >= 0.3 is 0 Å². The summed E-state index contributed by atoms with van der Waals surface area (Å²) < 4.78 is 0. The first-order valence-corrected chi connectivity index (χ1v) is 3.23. The Morgan fingerprint density at radius 1 is 1.62 bits per heavy atom. The van der Waals surface area contributed by atoms with E-state index in [1.807, 2.05) is 0 Å². The van der Waals surface area contributed by atoms with E-state index in [0.29, 0.717) is 12.3 Å². The van der Waals surface area contributed by atoms with Crippen LogP contribution in [0.5, 0.6) is 0 Å². The van der Waals surface area contributed by atoms with Gasteiger partial charge in [-0.1, -0.05) is 13.8 Å². The van der Waals surface area contributed by atoms with Gasteiger partial charge in [-0.15, -0.1) is 0 Å². The predicted octanol–water partition coefficient (Wildman–Crippen LogP) is 2.15. The molecule has 0 amide bonds. The third-order valence-corrected chi connectivity index (χ3v) is 1.13. The van der Waals surface area contributed by atoms with E-state index in [1.165, 1.54) is 0 Å². The van der Waals surface area contributed by atoms with Crippen molar-refractivity contribution in [2.24, 2.45) is 5.92 Å². The summed E-state index contributed by atoms with van der Waals surface area (Å²) in [6, 6.07) is 0. The Hall–Kier alpha value is -0.110. The van der Waals surface area contributed by atoms with Crippen molar-refractivity contribution in [1.29, 1.82) is 0 Å². The van der Waals surface area contributed by atoms with Gasteiger partial charge in [-0.3, -0.25) is 4.79 Å². The standard InChI is InChI=1S/C6H11OS/c1-5(2)3-4-6(7)8/h5H,3-4H2,1-2H3. The Morgan fingerprint density at radius 3 is 2.25 bits per heavy atom. The van der Waals surface area contributed by atoms with Gasteiger partial charge in [0.1, 0.15) is 0 Å². The van der Waals surface area contributed by atoms with E-state index < -0.39 is 0 Å². The zero-order chi connectivity index (χ0) is 6.57. The maximum absolute atomic E-state index is 10.2. The van der Waals surface area contributed by atoms with E-state index in [9.17, 15) is 4.79 Å². The fraction of sp³-hybridized carbons (Fsp3) is 0.833. The van der Waals surface area contributed by atoms with Gasteiger partial charge in [-0.2, -0.15) is 0 Å². The molecule has 0 aromatic carbocycles. The van der Waals surface area contributed by atoms with Gasteiger partial charge in [0.25, 0.3) is 0 Å². The summed E-state index contributed by atoms with van der Waals surface area (Å²) in [5.41, 5.74) is 0. The highest BCUT2D eigenvalue weighted by molar-refractivity contribution is 7.96. The molecule has 0 saturated heterocycles. The van der Waals surface area contributed by atoms with Crippen LogP contribution in [-0.2, 0) is 4.79 Å². The first-order chi connectivity index (χ1) is 3.63. The van der Waals surface area contributed by atoms with Gasteiger partial charge in [-0.05, 0) is 25.0 Å². The maximum Gasteiger partial charge on any atom is 0.218 e. The average molecular weight is 131 g/mol. The summed E-state index contributed by atoms with van der Waals surface area (Å²) in [6.45, 7) is 4.16. The van der Waals surface area contributed by atoms with Gasteiger partial charge in [-0.25, -0.2) is 0 Å². The molecule has 0 spiro atoms. The quantitative estimate of drug-likeness (QED) is 0.573. The van der Waals surface area contributed by atoms with Crippen molar-refractivity contribution in [3.63, 3.8) is 0 Å². The molecule has 0 fully saturated rings. The lowest BCUT2D eigenvalue weighted by molar-refractivity contribution is -0.111. The summed E-state index contributed by atoms with van der Waals surface area (Å²) in [5, 5.41) is -0.112. The summed E-state index contributed by atoms with van der Waals surface area (Å²) >= 11 is 4.36. The van der Waals surface area contributed by atoms with Crippen molar-refractivity contribution in [1.82, 2.24) is 0 Å². The zero-order valence-corrected chi connectivity index (χ0v) is 6.12. The first-order valence-electron chi connectivity index (χ1n) is 2.82. The highest BCUT2D eigenvalue weighted by Gasteiger charge is 1.97. The number of hydrogen-bond donors (Lipinski definition) is 0. The Labute approximate surface area is 55.9 Å². The molecule has 2 heteroatoms. The smallest absolute Gasteiger partial charge is 0.218 e. The Morgan fingerprint density at radius 2 is 2.12 bits per heavy atom. The second-order valence-corrected chi connectivity index (χ2v) is 2.76. The molecule has 0 unspecified atom stereocenters. The molecule has 0 N–H and O–H groups in total. The first kappa shape index (κ1) is 7.89. The molecule has 0 heterocycles. The van der Waals surface area contributed by atoms with Crippen LogP contribution in [0.1, 0.15) is 26.7 Å². The van der Waals surface area contributed by atoms with E-state index in [-0.39, 0.29) is 5.12 Å². The molecule has 0 aliphatic rings. The van der Waals surface area contributed by atoms with Crippen LogP contribution in [0.15, 0.2) is 0 Å². The van der Waals surface area contributed by atoms with E-state index in [1.54, 1.807) is 0 Å². The molecule has 0 aromatic rings. The largest absolute Gasteiger partial charge is 0.282 e. The van der Waals surface area contributed by atoms with Crippen LogP contribution < -0.4 is 0 Å². The fourth-order valence-corrected chi connectivity index (χ4v) is 0.524. The van der Waals surface area contributed by atoms with Crippen molar-refractivity contribution in [3.8, 4) is 0 Å². The summed E-state index contributed by atoms with van der Waals surface area (Å²) in [7, 11) is 0. The lowest BCUT2D eigenvalue weighted by Gasteiger charge is -1.97. The third kappa shape index (κ3) is 5.89. The van der Waals surface area contributed by atoms with Gasteiger partial charge < -0.3 is 0 Å². The van der Waals surface area contributed by atoms with Crippen LogP contribution in [0, 0.1) is 5.92 Å². The predicted molar refractivity (Wildman–Crippen MR) is 36.7 cm³/mol. The second-order valence-electron chi connectivity index (χ2n) is 2.30. The maximum atomic E-state index is 10.2. The summed E-state index contributed by atoms with van der Waals surface area (Å²) in [5.74, 6) is 0.599. The van der Waals surface area contributed by atoms with Crippen molar-refractivity contribution in [2.45, 2.75) is 26.7 Å². The molecule has 1 nitrogen and oxygen atoms in total. The van der Waals surface area contributed by atoms with E-state index in [0.717, 1.165) is 6.42 Å². The lowest BCUT2D eigenvalue weighted by Crippen LogP contribution is -1.91. The molecule has 0 atom stereocenters. The summed E-state index contributed by atoms with van der Waals surface area (Å²) in [4.78, 5) is 10.2. The van der Waals surface area contributed by atoms with Gasteiger partial charge in [0.2, 0.25) is 5.12 Å². The van der Waals surface area contributed by atoms with E-state index in [2.05, 4.69) is 26.5 Å². The number of carbonyl (C=O) groups is 1. The van der Waals surface area contributed by atoms with Crippen LogP contribution in [-0.4, -0.2) is 5.12 Å². The Kier molecular flexibility index (Phi) is 3.79. The molecule has 0 aliphatic carbocycles. The second kappa shape index (κ2) is 3.84. The molecule has 0 bridgehead atoms. The van der Waals surface area contributed by atoms with E-state index in [4.69, 9.17) is 0 Å². The Balaban J connectivity index is 3.05. The third-order valence-electron chi connectivity index (χ3n) is 0.926. The van der Waals surface area contributed by atoms with Crippen molar-refractivity contribution in [3.05, 3.63) is 0 Å². The minimum atomic E-state index is -0.112. The van der Waals surface area contributed by atoms with Crippen LogP contribution >= 0.6 is 12.6 Å². The number of carbonyl (C=O) groups excluding carboxylic acids is 1. The highest BCUT2D eigenvalue weighted by Crippen LogP contribution is 2.04. The fourth-order valence-electron chi connectivity index (χ4n) is 0.407. The van der Waals surface area contributed by atoms with Crippen LogP contribution in [0.3, 0.4) is 0 Å². The molecule has 8 heavy (non-hydrogen) atoms. The van der Waals surface area contributed by atoms with Gasteiger partial charge in [0.05, 0.1) is 0 Å². The van der Waals surface area contributed by atoms with Crippen LogP contribution in [0.25, 0.3) is 0 Å². The van der Waals surface area contributed by atoms with Crippen LogP contribution in [0.4, 0.5) is 0 Å².